The monoisotopic (exact) mass is 376 g/mol. The van der Waals surface area contributed by atoms with Crippen LogP contribution >= 0.6 is 11.8 Å². The van der Waals surface area contributed by atoms with E-state index >= 15 is 0 Å². The first-order valence-electron chi connectivity index (χ1n) is 9.77. The van der Waals surface area contributed by atoms with E-state index in [1.165, 1.54) is 34.7 Å². The fourth-order valence-electron chi connectivity index (χ4n) is 3.76. The molecule has 1 saturated heterocycles. The van der Waals surface area contributed by atoms with Crippen LogP contribution in [0.5, 0.6) is 0 Å². The van der Waals surface area contributed by atoms with Crippen molar-refractivity contribution in [3.05, 3.63) is 16.7 Å². The van der Waals surface area contributed by atoms with Gasteiger partial charge in [0.2, 0.25) is 0 Å². The largest absolute Gasteiger partial charge is 0.373 e. The molecule has 0 aromatic carbocycles. The number of pyridine rings is 1. The maximum Gasteiger partial charge on any atom is 0.284 e. The Balaban J connectivity index is 2.08. The van der Waals surface area contributed by atoms with Gasteiger partial charge in [-0.15, -0.1) is 0 Å². The van der Waals surface area contributed by atoms with Crippen LogP contribution in [0.3, 0.4) is 0 Å². The molecule has 0 saturated carbocycles. The van der Waals surface area contributed by atoms with Crippen LogP contribution in [0, 0.1) is 11.3 Å². The summed E-state index contributed by atoms with van der Waals surface area (Å²) in [4.78, 5) is 7.58. The highest BCUT2D eigenvalue weighted by Gasteiger charge is 2.41. The van der Waals surface area contributed by atoms with E-state index in [0.29, 0.717) is 0 Å². The Morgan fingerprint density at radius 3 is 2.69 bits per heavy atom. The van der Waals surface area contributed by atoms with E-state index in [1.54, 1.807) is 11.8 Å². The van der Waals surface area contributed by atoms with Crippen molar-refractivity contribution in [2.24, 2.45) is 0 Å². The first-order valence-corrected chi connectivity index (χ1v) is 10.8. The van der Waals surface area contributed by atoms with Crippen molar-refractivity contribution >= 4 is 17.6 Å². The SMILES string of the molecule is CCCCSc1[nH+]c(N2CCOCC2)c2c(c1C#N)CC(C)(C)[NH+](C)C2. The van der Waals surface area contributed by atoms with Crippen LogP contribution in [0.1, 0.15) is 50.3 Å². The summed E-state index contributed by atoms with van der Waals surface area (Å²) < 4.78 is 5.56. The quantitative estimate of drug-likeness (QED) is 0.624. The molecular weight excluding hydrogens is 344 g/mol. The average Bonchev–Trinajstić information content (AvgIpc) is 2.63. The second kappa shape index (κ2) is 8.16. The van der Waals surface area contributed by atoms with Gasteiger partial charge >= 0.3 is 0 Å². The summed E-state index contributed by atoms with van der Waals surface area (Å²) >= 11 is 1.81. The first kappa shape index (κ1) is 19.5. The molecule has 26 heavy (non-hydrogen) atoms. The number of anilines is 1. The third kappa shape index (κ3) is 3.85. The Morgan fingerprint density at radius 2 is 2.04 bits per heavy atom. The normalized spacial score (nSPS) is 22.0. The zero-order valence-corrected chi connectivity index (χ0v) is 17.4. The minimum absolute atomic E-state index is 0.146. The Labute approximate surface area is 161 Å². The van der Waals surface area contributed by atoms with Crippen LogP contribution in [0.4, 0.5) is 5.82 Å². The van der Waals surface area contributed by atoms with Crippen LogP contribution in [0.15, 0.2) is 5.03 Å². The molecule has 2 aliphatic heterocycles. The summed E-state index contributed by atoms with van der Waals surface area (Å²) in [6, 6.07) is 2.53. The molecule has 1 atom stereocenters. The number of thioether (sulfide) groups is 1. The Kier molecular flexibility index (Phi) is 6.11. The molecule has 1 aromatic heterocycles. The van der Waals surface area contributed by atoms with E-state index in [4.69, 9.17) is 4.74 Å². The zero-order chi connectivity index (χ0) is 18.7. The molecule has 2 N–H and O–H groups in total. The fourth-order valence-corrected chi connectivity index (χ4v) is 4.88. The van der Waals surface area contributed by atoms with Crippen LogP contribution in [-0.4, -0.2) is 44.6 Å². The number of aromatic amines is 1. The van der Waals surface area contributed by atoms with Crippen molar-refractivity contribution in [2.45, 2.75) is 57.1 Å². The van der Waals surface area contributed by atoms with Gasteiger partial charge in [0.15, 0.2) is 5.03 Å². The molecular formula is C20H32N4OS+2. The number of quaternary nitrogens is 1. The maximum absolute atomic E-state index is 9.94. The first-order chi connectivity index (χ1) is 12.5. The van der Waals surface area contributed by atoms with E-state index in [9.17, 15) is 5.26 Å². The van der Waals surface area contributed by atoms with Gasteiger partial charge in [-0.25, -0.2) is 4.98 Å². The number of nitrogens with zero attached hydrogens (tertiary/aromatic N) is 2. The van der Waals surface area contributed by atoms with E-state index in [-0.39, 0.29) is 5.54 Å². The van der Waals surface area contributed by atoms with Gasteiger partial charge in [-0.05, 0) is 25.8 Å². The lowest BCUT2D eigenvalue weighted by Crippen LogP contribution is -3.16. The minimum Gasteiger partial charge on any atom is -0.373 e. The van der Waals surface area contributed by atoms with Gasteiger partial charge in [0, 0.05) is 12.2 Å². The van der Waals surface area contributed by atoms with Crippen LogP contribution < -0.4 is 14.8 Å². The molecule has 0 spiro atoms. The Bertz CT molecular complexity index is 692. The second-order valence-electron chi connectivity index (χ2n) is 8.07. The van der Waals surface area contributed by atoms with Gasteiger partial charge in [0.25, 0.3) is 5.82 Å². The number of aromatic nitrogens is 1. The highest BCUT2D eigenvalue weighted by Crippen LogP contribution is 2.33. The van der Waals surface area contributed by atoms with Crippen molar-refractivity contribution in [1.82, 2.24) is 0 Å². The molecule has 2 aliphatic rings. The molecule has 1 fully saturated rings. The molecule has 0 aliphatic carbocycles. The number of likely N-dealkylation sites (N-methyl/N-ethyl adjacent to an activating group) is 1. The summed E-state index contributed by atoms with van der Waals surface area (Å²) in [6.45, 7) is 11.2. The summed E-state index contributed by atoms with van der Waals surface area (Å²) in [5, 5.41) is 11.0. The predicted molar refractivity (Wildman–Crippen MR) is 105 cm³/mol. The van der Waals surface area contributed by atoms with Gasteiger partial charge in [0.1, 0.15) is 36.8 Å². The molecule has 3 heterocycles. The van der Waals surface area contributed by atoms with Gasteiger partial charge in [-0.3, -0.25) is 4.90 Å². The highest BCUT2D eigenvalue weighted by molar-refractivity contribution is 7.99. The summed E-state index contributed by atoms with van der Waals surface area (Å²) in [7, 11) is 2.27. The van der Waals surface area contributed by atoms with Crippen molar-refractivity contribution < 1.29 is 14.6 Å². The zero-order valence-electron chi connectivity index (χ0n) is 16.6. The number of hydrogen-bond acceptors (Lipinski definition) is 4. The Hall–Kier alpha value is -1.29. The van der Waals surface area contributed by atoms with Crippen LogP contribution in [0.2, 0.25) is 0 Å². The smallest absolute Gasteiger partial charge is 0.284 e. The van der Waals surface area contributed by atoms with E-state index in [0.717, 1.165) is 55.6 Å². The lowest BCUT2D eigenvalue weighted by Gasteiger charge is -2.38. The lowest BCUT2D eigenvalue weighted by atomic mass is 9.84. The van der Waals surface area contributed by atoms with Crippen molar-refractivity contribution in [2.75, 3.05) is 44.0 Å². The third-order valence-electron chi connectivity index (χ3n) is 5.81. The topological polar surface area (TPSA) is 54.8 Å². The second-order valence-corrected chi connectivity index (χ2v) is 9.17. The number of morpholine rings is 1. The number of rotatable bonds is 5. The molecule has 0 radical (unpaired) electrons. The number of H-pyrrole nitrogens is 1. The molecule has 3 rings (SSSR count). The number of ether oxygens (including phenoxy) is 1. The van der Waals surface area contributed by atoms with Gasteiger partial charge < -0.3 is 9.64 Å². The number of nitriles is 1. The molecule has 6 heteroatoms. The molecule has 1 aromatic rings. The summed E-state index contributed by atoms with van der Waals surface area (Å²) in [6.07, 6.45) is 3.30. The lowest BCUT2D eigenvalue weighted by molar-refractivity contribution is -0.945. The number of unbranched alkanes of at least 4 members (excludes halogenated alkanes) is 1. The summed E-state index contributed by atoms with van der Waals surface area (Å²) in [5.41, 5.74) is 3.62. The maximum atomic E-state index is 9.94. The van der Waals surface area contributed by atoms with Gasteiger partial charge in [-0.1, -0.05) is 25.1 Å². The minimum atomic E-state index is 0.146. The summed E-state index contributed by atoms with van der Waals surface area (Å²) in [5.74, 6) is 2.27. The average molecular weight is 377 g/mol. The van der Waals surface area contributed by atoms with Gasteiger partial charge in [-0.2, -0.15) is 5.26 Å². The molecule has 0 amide bonds. The molecule has 1 unspecified atom stereocenters. The number of hydrogen-bond donors (Lipinski definition) is 1. The van der Waals surface area contributed by atoms with Gasteiger partial charge in [0.05, 0.1) is 25.8 Å². The molecule has 142 valence electrons. The number of fused-ring (bicyclic) bond motifs is 1. The number of nitrogens with one attached hydrogen (secondary N) is 2. The standard InChI is InChI=1S/C20H30N4OS/c1-5-6-11-26-19-16(13-21)15-12-20(2,3)23(4)14-17(15)18(22-19)24-7-9-25-10-8-24/h5-12,14H2,1-4H3/p+2. The van der Waals surface area contributed by atoms with Crippen molar-refractivity contribution in [1.29, 1.82) is 5.26 Å². The van der Waals surface area contributed by atoms with E-state index < -0.39 is 0 Å². The third-order valence-corrected chi connectivity index (χ3v) is 6.90. The Morgan fingerprint density at radius 1 is 1.31 bits per heavy atom. The van der Waals surface area contributed by atoms with Crippen molar-refractivity contribution in [3.63, 3.8) is 0 Å². The van der Waals surface area contributed by atoms with Crippen LogP contribution in [-0.2, 0) is 17.7 Å². The molecule has 0 bridgehead atoms. The predicted octanol–water partition coefficient (Wildman–Crippen LogP) is 1.45. The van der Waals surface area contributed by atoms with E-state index in [2.05, 4.69) is 43.8 Å². The highest BCUT2D eigenvalue weighted by atomic mass is 32.2. The fraction of sp³-hybridized carbons (Fsp3) is 0.700. The molecule has 5 nitrogen and oxygen atoms in total. The van der Waals surface area contributed by atoms with Crippen LogP contribution in [0.25, 0.3) is 0 Å². The van der Waals surface area contributed by atoms with E-state index in [1.807, 2.05) is 0 Å². The van der Waals surface area contributed by atoms with Crippen molar-refractivity contribution in [3.8, 4) is 6.07 Å².